The fourth-order valence-electron chi connectivity index (χ4n) is 1.84. The van der Waals surface area contributed by atoms with E-state index in [9.17, 15) is 10.5 Å². The molecule has 0 saturated carbocycles. The molecule has 2 nitrogen and oxygen atoms in total. The van der Waals surface area contributed by atoms with Gasteiger partial charge < -0.3 is 0 Å². The van der Waals surface area contributed by atoms with Gasteiger partial charge >= 0.3 is 0 Å². The molecule has 0 aliphatic rings. The molecule has 0 N–H and O–H groups in total. The molecule has 19 heavy (non-hydrogen) atoms. The van der Waals surface area contributed by atoms with E-state index in [2.05, 4.69) is 22.6 Å². The summed E-state index contributed by atoms with van der Waals surface area (Å²) in [5.74, 6) is 0. The van der Waals surface area contributed by atoms with E-state index in [1.165, 1.54) is 0 Å². The van der Waals surface area contributed by atoms with Gasteiger partial charge in [-0.05, 0) is 39.8 Å². The second-order valence-electron chi connectivity index (χ2n) is 3.82. The van der Waals surface area contributed by atoms with Crippen LogP contribution in [0.2, 0.25) is 0 Å². The van der Waals surface area contributed by atoms with Gasteiger partial charge in [-0.3, -0.25) is 0 Å². The minimum atomic E-state index is 0.135. The average molecular weight is 356 g/mol. The van der Waals surface area contributed by atoms with Gasteiger partial charge in [0.25, 0.3) is 0 Å². The molecule has 2 rings (SSSR count). The molecule has 0 aliphatic heterocycles. The van der Waals surface area contributed by atoms with Crippen molar-refractivity contribution >= 4 is 28.2 Å². The van der Waals surface area contributed by atoms with Crippen LogP contribution in [0, 0.1) is 26.2 Å². The Morgan fingerprint density at radius 2 is 1.42 bits per heavy atom. The topological polar surface area (TPSA) is 47.6 Å². The molecule has 0 saturated heterocycles. The van der Waals surface area contributed by atoms with Crippen molar-refractivity contribution in [3.05, 3.63) is 74.9 Å². The highest BCUT2D eigenvalue weighted by Crippen LogP contribution is 2.29. The van der Waals surface area contributed by atoms with Gasteiger partial charge in [0.05, 0.1) is 0 Å². The predicted molar refractivity (Wildman–Crippen MR) is 82.8 cm³/mol. The highest BCUT2D eigenvalue weighted by Gasteiger charge is 2.13. The van der Waals surface area contributed by atoms with Crippen LogP contribution < -0.4 is 0 Å². The number of rotatable bonds is 2. The summed E-state index contributed by atoms with van der Waals surface area (Å²) < 4.78 is 1.02. The van der Waals surface area contributed by atoms with Crippen molar-refractivity contribution in [3.63, 3.8) is 0 Å². The van der Waals surface area contributed by atoms with E-state index in [1.807, 2.05) is 66.7 Å². The van der Waals surface area contributed by atoms with Crippen molar-refractivity contribution in [1.82, 2.24) is 0 Å². The lowest BCUT2D eigenvalue weighted by molar-refractivity contribution is 1.44. The van der Waals surface area contributed by atoms with Crippen LogP contribution in [0.3, 0.4) is 0 Å². The molecule has 0 fully saturated rings. The van der Waals surface area contributed by atoms with Gasteiger partial charge in [-0.2, -0.15) is 10.5 Å². The van der Waals surface area contributed by atoms with Crippen LogP contribution in [0.15, 0.2) is 60.2 Å². The molecule has 0 radical (unpaired) electrons. The lowest BCUT2D eigenvalue weighted by Gasteiger charge is -2.10. The van der Waals surface area contributed by atoms with Crippen LogP contribution in [0.4, 0.5) is 0 Å². The van der Waals surface area contributed by atoms with Gasteiger partial charge in [0.15, 0.2) is 0 Å². The third-order valence-electron chi connectivity index (χ3n) is 2.68. The Balaban J connectivity index is 2.76. The monoisotopic (exact) mass is 356 g/mol. The molecule has 0 unspecified atom stereocenters. The molecule has 0 heterocycles. The second-order valence-corrected chi connectivity index (χ2v) is 4.98. The third kappa shape index (κ3) is 2.83. The van der Waals surface area contributed by atoms with Crippen molar-refractivity contribution in [2.24, 2.45) is 0 Å². The zero-order chi connectivity index (χ0) is 13.7. The first-order valence-corrected chi connectivity index (χ1v) is 6.70. The van der Waals surface area contributed by atoms with E-state index in [4.69, 9.17) is 0 Å². The van der Waals surface area contributed by atoms with Crippen LogP contribution in [0.1, 0.15) is 11.1 Å². The number of hydrogen-bond acceptors (Lipinski definition) is 2. The van der Waals surface area contributed by atoms with Crippen LogP contribution >= 0.6 is 22.6 Å². The SMILES string of the molecule is N#CC(C#N)=C(c1ccccc1)c1ccccc1I. The lowest BCUT2D eigenvalue weighted by atomic mass is 9.94. The minimum Gasteiger partial charge on any atom is -0.192 e. The maximum Gasteiger partial charge on any atom is 0.138 e. The summed E-state index contributed by atoms with van der Waals surface area (Å²) in [6, 6.07) is 21.3. The number of nitrogens with zero attached hydrogens (tertiary/aromatic N) is 2. The number of halogens is 1. The van der Waals surface area contributed by atoms with Crippen LogP contribution in [0.5, 0.6) is 0 Å². The molecule has 0 spiro atoms. The van der Waals surface area contributed by atoms with Crippen molar-refractivity contribution < 1.29 is 0 Å². The standard InChI is InChI=1S/C16H9IN2/c17-15-9-5-4-8-14(15)16(13(10-18)11-19)12-6-2-1-3-7-12/h1-9H. The lowest BCUT2D eigenvalue weighted by Crippen LogP contribution is -1.94. The van der Waals surface area contributed by atoms with Crippen molar-refractivity contribution in [2.75, 3.05) is 0 Å². The van der Waals surface area contributed by atoms with Gasteiger partial charge in [-0.1, -0.05) is 48.5 Å². The van der Waals surface area contributed by atoms with E-state index < -0.39 is 0 Å². The Morgan fingerprint density at radius 1 is 0.842 bits per heavy atom. The fourth-order valence-corrected chi connectivity index (χ4v) is 2.50. The fraction of sp³-hybridized carbons (Fsp3) is 0. The zero-order valence-corrected chi connectivity index (χ0v) is 12.1. The van der Waals surface area contributed by atoms with Gasteiger partial charge in [-0.25, -0.2) is 0 Å². The first kappa shape index (κ1) is 13.3. The molecule has 90 valence electrons. The van der Waals surface area contributed by atoms with Crippen molar-refractivity contribution in [2.45, 2.75) is 0 Å². The largest absolute Gasteiger partial charge is 0.192 e. The highest BCUT2D eigenvalue weighted by molar-refractivity contribution is 14.1. The molecule has 2 aromatic rings. The summed E-state index contributed by atoms with van der Waals surface area (Å²) in [4.78, 5) is 0. The van der Waals surface area contributed by atoms with E-state index in [-0.39, 0.29) is 5.57 Å². The molecule has 0 aliphatic carbocycles. The van der Waals surface area contributed by atoms with Gasteiger partial charge in [0.1, 0.15) is 17.7 Å². The number of allylic oxidation sites excluding steroid dienone is 1. The van der Waals surface area contributed by atoms with Crippen molar-refractivity contribution in [1.29, 1.82) is 10.5 Å². The van der Waals surface area contributed by atoms with Gasteiger partial charge in [-0.15, -0.1) is 0 Å². The summed E-state index contributed by atoms with van der Waals surface area (Å²) >= 11 is 2.22. The summed E-state index contributed by atoms with van der Waals surface area (Å²) in [6.07, 6.45) is 0. The molecule has 0 aromatic heterocycles. The Bertz CT molecular complexity index is 688. The average Bonchev–Trinajstić information content (AvgIpc) is 2.47. The summed E-state index contributed by atoms with van der Waals surface area (Å²) in [5.41, 5.74) is 2.61. The number of hydrogen-bond donors (Lipinski definition) is 0. The minimum absolute atomic E-state index is 0.135. The van der Waals surface area contributed by atoms with Crippen LogP contribution in [-0.4, -0.2) is 0 Å². The Hall–Kier alpha value is -2.11. The molecule has 0 atom stereocenters. The van der Waals surface area contributed by atoms with Crippen LogP contribution in [0.25, 0.3) is 5.57 Å². The smallest absolute Gasteiger partial charge is 0.138 e. The molecular formula is C16H9IN2. The Kier molecular flexibility index (Phi) is 4.33. The Labute approximate surface area is 125 Å². The van der Waals surface area contributed by atoms with Crippen LogP contribution in [-0.2, 0) is 0 Å². The van der Waals surface area contributed by atoms with Crippen molar-refractivity contribution in [3.8, 4) is 12.1 Å². The van der Waals surface area contributed by atoms with E-state index in [0.29, 0.717) is 5.57 Å². The maximum absolute atomic E-state index is 9.18. The Morgan fingerprint density at radius 3 is 2.00 bits per heavy atom. The predicted octanol–water partition coefficient (Wildman–Crippen LogP) is 4.14. The normalized spacial score (nSPS) is 9.21. The van der Waals surface area contributed by atoms with Gasteiger partial charge in [0.2, 0.25) is 0 Å². The molecule has 0 bridgehead atoms. The summed E-state index contributed by atoms with van der Waals surface area (Å²) in [6.45, 7) is 0. The third-order valence-corrected chi connectivity index (χ3v) is 3.62. The summed E-state index contributed by atoms with van der Waals surface area (Å²) in [5, 5.41) is 18.4. The quantitative estimate of drug-likeness (QED) is 0.600. The molecule has 2 aromatic carbocycles. The van der Waals surface area contributed by atoms with E-state index in [1.54, 1.807) is 0 Å². The molecule has 3 heteroatoms. The summed E-state index contributed by atoms with van der Waals surface area (Å²) in [7, 11) is 0. The first-order chi connectivity index (χ1) is 9.27. The molecule has 0 amide bonds. The van der Waals surface area contributed by atoms with E-state index >= 15 is 0 Å². The second kappa shape index (κ2) is 6.17. The molecular weight excluding hydrogens is 347 g/mol. The first-order valence-electron chi connectivity index (χ1n) is 5.62. The zero-order valence-electron chi connectivity index (χ0n) is 9.97. The van der Waals surface area contributed by atoms with Gasteiger partial charge in [0, 0.05) is 9.14 Å². The number of benzene rings is 2. The highest BCUT2D eigenvalue weighted by atomic mass is 127. The van der Waals surface area contributed by atoms with E-state index in [0.717, 1.165) is 14.7 Å². The number of nitriles is 2. The maximum atomic E-state index is 9.18.